The van der Waals surface area contributed by atoms with Crippen LogP contribution in [-0.4, -0.2) is 68.7 Å². The Hall–Kier alpha value is -0.720. The molecular formula is C24H38Cl2N2O3-2. The lowest BCUT2D eigenvalue weighted by atomic mass is 9.70. The first-order valence-corrected chi connectivity index (χ1v) is 11.2. The molecule has 3 aliphatic rings. The summed E-state index contributed by atoms with van der Waals surface area (Å²) in [4.78, 5) is 4.76. The summed E-state index contributed by atoms with van der Waals surface area (Å²) in [6.07, 6.45) is 3.75. The molecule has 3 fully saturated rings. The van der Waals surface area contributed by atoms with E-state index in [1.807, 2.05) is 12.1 Å². The summed E-state index contributed by atoms with van der Waals surface area (Å²) in [5.74, 6) is 1.67. The fourth-order valence-electron chi connectivity index (χ4n) is 6.21. The summed E-state index contributed by atoms with van der Waals surface area (Å²) in [6.45, 7) is 12.2. The third-order valence-electron chi connectivity index (χ3n) is 7.87. The number of rotatable bonds is 7. The number of hydrogen-bond acceptors (Lipinski definition) is 5. The number of halogens is 2. The number of β-amino-alcohol motifs (C(OH)–C–C–N with tert-alkyl or cyclic N) is 1. The first-order valence-electron chi connectivity index (χ1n) is 11.2. The van der Waals surface area contributed by atoms with Gasteiger partial charge in [0, 0.05) is 38.4 Å². The molecule has 4 rings (SSSR count). The molecule has 1 aliphatic heterocycles. The van der Waals surface area contributed by atoms with Gasteiger partial charge in [0.1, 0.15) is 5.75 Å². The minimum atomic E-state index is -0.416. The minimum absolute atomic E-state index is 0. The number of methoxy groups -OCH3 is 1. The number of hydrogen-bond donors (Lipinski definition) is 1. The second-order valence-corrected chi connectivity index (χ2v) is 10.3. The maximum absolute atomic E-state index is 10.6. The molecule has 1 saturated heterocycles. The van der Waals surface area contributed by atoms with Crippen LogP contribution in [-0.2, 0) is 4.74 Å². The van der Waals surface area contributed by atoms with Gasteiger partial charge >= 0.3 is 0 Å². The van der Waals surface area contributed by atoms with Gasteiger partial charge in [0.2, 0.25) is 0 Å². The van der Waals surface area contributed by atoms with Gasteiger partial charge in [0.05, 0.1) is 25.9 Å². The predicted molar refractivity (Wildman–Crippen MR) is 117 cm³/mol. The summed E-state index contributed by atoms with van der Waals surface area (Å²) in [5, 5.41) is 10.6. The van der Waals surface area contributed by atoms with E-state index in [1.54, 1.807) is 7.11 Å². The smallest absolute Gasteiger partial charge is 0.119 e. The summed E-state index contributed by atoms with van der Waals surface area (Å²) in [6, 6.07) is 8.27. The van der Waals surface area contributed by atoms with Crippen LogP contribution in [0.1, 0.15) is 40.0 Å². The molecule has 1 N–H and O–H groups in total. The number of aliphatic hydroxyl groups excluding tert-OH is 1. The molecule has 178 valence electrons. The molecule has 7 heteroatoms. The Morgan fingerprint density at radius 2 is 1.71 bits per heavy atom. The molecule has 5 nitrogen and oxygen atoms in total. The van der Waals surface area contributed by atoms with Gasteiger partial charge in [-0.3, -0.25) is 4.90 Å². The van der Waals surface area contributed by atoms with Gasteiger partial charge in [0.15, 0.2) is 0 Å². The highest BCUT2D eigenvalue weighted by molar-refractivity contribution is 5.49. The molecule has 0 amide bonds. The average Bonchev–Trinajstić information content (AvgIpc) is 3.19. The fourth-order valence-corrected chi connectivity index (χ4v) is 6.21. The second-order valence-electron chi connectivity index (χ2n) is 10.3. The lowest BCUT2D eigenvalue weighted by Crippen LogP contribution is -3.00. The summed E-state index contributed by atoms with van der Waals surface area (Å²) in [7, 11) is 1.70. The maximum atomic E-state index is 10.6. The second kappa shape index (κ2) is 10.5. The van der Waals surface area contributed by atoms with Crippen molar-refractivity contribution in [1.82, 2.24) is 4.90 Å². The monoisotopic (exact) mass is 472 g/mol. The van der Waals surface area contributed by atoms with Crippen LogP contribution in [0.2, 0.25) is 0 Å². The number of fused-ring (bicyclic) bond motifs is 2. The highest BCUT2D eigenvalue weighted by Gasteiger charge is 2.60. The summed E-state index contributed by atoms with van der Waals surface area (Å²) >= 11 is 0. The fraction of sp³-hybridized carbons (Fsp3) is 0.750. The molecule has 2 saturated carbocycles. The van der Waals surface area contributed by atoms with Gasteiger partial charge in [-0.05, 0) is 60.3 Å². The van der Waals surface area contributed by atoms with E-state index in [4.69, 9.17) is 9.47 Å². The van der Waals surface area contributed by atoms with Gasteiger partial charge in [-0.15, -0.1) is 0 Å². The van der Waals surface area contributed by atoms with Crippen molar-refractivity contribution in [2.45, 2.75) is 52.2 Å². The molecule has 1 aromatic rings. The van der Waals surface area contributed by atoms with E-state index in [0.717, 1.165) is 37.8 Å². The molecule has 2 bridgehead atoms. The van der Waals surface area contributed by atoms with Crippen molar-refractivity contribution in [3.63, 3.8) is 0 Å². The Bertz CT molecular complexity index is 690. The number of ether oxygens (including phenoxy) is 2. The Labute approximate surface area is 200 Å². The van der Waals surface area contributed by atoms with Crippen molar-refractivity contribution in [1.29, 1.82) is 0 Å². The predicted octanol–water partition coefficient (Wildman–Crippen LogP) is -2.58. The normalized spacial score (nSPS) is 30.4. The van der Waals surface area contributed by atoms with Crippen LogP contribution in [0.5, 0.6) is 5.75 Å². The van der Waals surface area contributed by atoms with E-state index < -0.39 is 6.10 Å². The first-order chi connectivity index (χ1) is 13.8. The highest BCUT2D eigenvalue weighted by Crippen LogP contribution is 2.63. The Morgan fingerprint density at radius 3 is 2.26 bits per heavy atom. The molecular weight excluding hydrogens is 435 g/mol. The molecule has 2 aliphatic carbocycles. The van der Waals surface area contributed by atoms with Crippen LogP contribution in [0.15, 0.2) is 24.3 Å². The van der Waals surface area contributed by atoms with Crippen molar-refractivity contribution in [3.05, 3.63) is 24.3 Å². The number of nitrogens with zero attached hydrogens (tertiary/aromatic N) is 2. The van der Waals surface area contributed by atoms with Crippen molar-refractivity contribution in [2.75, 3.05) is 51.3 Å². The molecule has 31 heavy (non-hydrogen) atoms. The van der Waals surface area contributed by atoms with Crippen LogP contribution < -0.4 is 34.5 Å². The van der Waals surface area contributed by atoms with Crippen molar-refractivity contribution in [2.24, 2.45) is 16.7 Å². The van der Waals surface area contributed by atoms with Crippen molar-refractivity contribution >= 4 is 5.69 Å². The standard InChI is InChI=1S/C24H38N2O3.2ClH/c1-23(2)18-9-10-24(3,15-18)22(23)29-17-20(27)16-25-11-13-26(14-12-25)19-5-7-21(28-4)8-6-19;;/h5-8,18,20,22,27H,9-17H2,1-4H3;2*1H/p-2. The minimum Gasteiger partial charge on any atom is -1.00 e. The number of benzene rings is 1. The van der Waals surface area contributed by atoms with Crippen LogP contribution in [0, 0.1) is 16.7 Å². The highest BCUT2D eigenvalue weighted by atomic mass is 35.5. The largest absolute Gasteiger partial charge is 1.00 e. The molecule has 0 spiro atoms. The molecule has 4 unspecified atom stereocenters. The molecule has 1 aromatic carbocycles. The number of piperazine rings is 1. The van der Waals surface area contributed by atoms with E-state index in [1.165, 1.54) is 24.9 Å². The maximum Gasteiger partial charge on any atom is 0.119 e. The SMILES string of the molecule is COc1ccc(N2CCN(CC(O)COC3C4(C)CCC(C4)C3(C)C)CC2)cc1.[Cl-].[Cl-]. The van der Waals surface area contributed by atoms with Crippen molar-refractivity contribution < 1.29 is 39.4 Å². The van der Waals surface area contributed by atoms with E-state index >= 15 is 0 Å². The summed E-state index contributed by atoms with van der Waals surface area (Å²) in [5.41, 5.74) is 1.77. The molecule has 4 atom stereocenters. The van der Waals surface area contributed by atoms with Gasteiger partial charge in [-0.1, -0.05) is 20.8 Å². The molecule has 1 heterocycles. The van der Waals surface area contributed by atoms with Gasteiger partial charge in [-0.25, -0.2) is 0 Å². The van der Waals surface area contributed by atoms with E-state index in [9.17, 15) is 5.11 Å². The lowest BCUT2D eigenvalue weighted by molar-refractivity contribution is -0.113. The van der Waals surface area contributed by atoms with Crippen LogP contribution in [0.4, 0.5) is 5.69 Å². The summed E-state index contributed by atoms with van der Waals surface area (Å²) < 4.78 is 11.6. The van der Waals surface area contributed by atoms with Crippen LogP contribution >= 0.6 is 0 Å². The Morgan fingerprint density at radius 1 is 1.06 bits per heavy atom. The lowest BCUT2D eigenvalue weighted by Gasteiger charge is -2.43. The van der Waals surface area contributed by atoms with E-state index in [2.05, 4.69) is 42.7 Å². The Balaban J connectivity index is 0.00000171. The van der Waals surface area contributed by atoms with Crippen molar-refractivity contribution in [3.8, 4) is 5.75 Å². The van der Waals surface area contributed by atoms with E-state index in [0.29, 0.717) is 18.6 Å². The third-order valence-corrected chi connectivity index (χ3v) is 7.87. The zero-order chi connectivity index (χ0) is 20.6. The average molecular weight is 473 g/mol. The van der Waals surface area contributed by atoms with Gasteiger partial charge < -0.3 is 44.3 Å². The number of aliphatic hydroxyl groups is 1. The number of anilines is 1. The Kier molecular flexibility index (Phi) is 8.97. The van der Waals surface area contributed by atoms with Crippen LogP contribution in [0.25, 0.3) is 0 Å². The quantitative estimate of drug-likeness (QED) is 0.472. The zero-order valence-corrected chi connectivity index (χ0v) is 20.8. The van der Waals surface area contributed by atoms with E-state index in [-0.39, 0.29) is 36.3 Å². The van der Waals surface area contributed by atoms with Crippen LogP contribution in [0.3, 0.4) is 0 Å². The van der Waals surface area contributed by atoms with Gasteiger partial charge in [-0.2, -0.15) is 0 Å². The third kappa shape index (κ3) is 5.44. The first kappa shape index (κ1) is 26.5. The zero-order valence-electron chi connectivity index (χ0n) is 19.3. The molecule has 0 radical (unpaired) electrons. The molecule has 0 aromatic heterocycles. The van der Waals surface area contributed by atoms with Gasteiger partial charge in [0.25, 0.3) is 0 Å². The topological polar surface area (TPSA) is 45.2 Å².